The maximum Gasteiger partial charge on any atom is 0.241 e. The van der Waals surface area contributed by atoms with Crippen molar-refractivity contribution in [3.63, 3.8) is 0 Å². The van der Waals surface area contributed by atoms with E-state index in [2.05, 4.69) is 5.32 Å². The Bertz CT molecular complexity index is 599. The molecule has 0 aliphatic carbocycles. The normalized spacial score (nSPS) is 11.8. The van der Waals surface area contributed by atoms with E-state index in [4.69, 9.17) is 5.73 Å². The van der Waals surface area contributed by atoms with Gasteiger partial charge in [0.2, 0.25) is 5.91 Å². The van der Waals surface area contributed by atoms with Crippen molar-refractivity contribution < 1.29 is 15.0 Å². The topological polar surface area (TPSA) is 95.6 Å². The molecule has 0 aromatic heterocycles. The van der Waals surface area contributed by atoms with Crippen LogP contribution in [0.3, 0.4) is 0 Å². The lowest BCUT2D eigenvalue weighted by Crippen LogP contribution is -2.37. The zero-order valence-electron chi connectivity index (χ0n) is 10.8. The van der Waals surface area contributed by atoms with Crippen LogP contribution in [0.1, 0.15) is 5.56 Å². The molecule has 5 N–H and O–H groups in total. The van der Waals surface area contributed by atoms with Crippen LogP contribution in [0.4, 0.5) is 5.69 Å². The molecule has 0 saturated carbocycles. The van der Waals surface area contributed by atoms with Crippen LogP contribution >= 0.6 is 0 Å². The molecule has 0 fully saturated rings. The van der Waals surface area contributed by atoms with Crippen LogP contribution in [-0.2, 0) is 11.2 Å². The van der Waals surface area contributed by atoms with Crippen LogP contribution in [0.25, 0.3) is 0 Å². The van der Waals surface area contributed by atoms with Gasteiger partial charge in [0.1, 0.15) is 0 Å². The fourth-order valence-corrected chi connectivity index (χ4v) is 1.80. The number of benzene rings is 2. The summed E-state index contributed by atoms with van der Waals surface area (Å²) in [5, 5.41) is 21.3. The van der Waals surface area contributed by atoms with E-state index in [9.17, 15) is 15.0 Å². The summed E-state index contributed by atoms with van der Waals surface area (Å²) in [6.07, 6.45) is 0.270. The Morgan fingerprint density at radius 2 is 1.80 bits per heavy atom. The van der Waals surface area contributed by atoms with E-state index in [1.165, 1.54) is 12.1 Å². The SMILES string of the molecule is N[C@@H](Cc1ccc(O)c(O)c1)C(=O)Nc1ccccc1. The fraction of sp³-hybridized carbons (Fsp3) is 0.133. The molecular formula is C15H16N2O3. The van der Waals surface area contributed by atoms with Gasteiger partial charge in [0.15, 0.2) is 11.5 Å². The number of aromatic hydroxyl groups is 2. The highest BCUT2D eigenvalue weighted by atomic mass is 16.3. The highest BCUT2D eigenvalue weighted by molar-refractivity contribution is 5.94. The van der Waals surface area contributed by atoms with Crippen LogP contribution in [0.15, 0.2) is 48.5 Å². The van der Waals surface area contributed by atoms with Crippen LogP contribution < -0.4 is 11.1 Å². The Hall–Kier alpha value is -2.53. The third kappa shape index (κ3) is 3.49. The Morgan fingerprint density at radius 1 is 1.10 bits per heavy atom. The molecule has 5 nitrogen and oxygen atoms in total. The lowest BCUT2D eigenvalue weighted by atomic mass is 10.1. The average molecular weight is 272 g/mol. The van der Waals surface area contributed by atoms with E-state index in [0.717, 1.165) is 0 Å². The van der Waals surface area contributed by atoms with Crippen molar-refractivity contribution >= 4 is 11.6 Å². The molecule has 1 amide bonds. The molecule has 0 heterocycles. The van der Waals surface area contributed by atoms with Crippen molar-refractivity contribution in [3.05, 3.63) is 54.1 Å². The minimum absolute atomic E-state index is 0.198. The second kappa shape index (κ2) is 6.08. The highest BCUT2D eigenvalue weighted by Crippen LogP contribution is 2.25. The van der Waals surface area contributed by atoms with Crippen LogP contribution in [-0.4, -0.2) is 22.2 Å². The lowest BCUT2D eigenvalue weighted by molar-refractivity contribution is -0.117. The van der Waals surface area contributed by atoms with Gasteiger partial charge >= 0.3 is 0 Å². The molecule has 1 atom stereocenters. The molecule has 0 spiro atoms. The zero-order valence-corrected chi connectivity index (χ0v) is 10.8. The van der Waals surface area contributed by atoms with Crippen LogP contribution in [0, 0.1) is 0 Å². The summed E-state index contributed by atoms with van der Waals surface area (Å²) in [4.78, 5) is 11.9. The predicted molar refractivity (Wildman–Crippen MR) is 76.5 cm³/mol. The van der Waals surface area contributed by atoms with Gasteiger partial charge in [-0.15, -0.1) is 0 Å². The molecule has 2 rings (SSSR count). The summed E-state index contributed by atoms with van der Waals surface area (Å²) in [6, 6.07) is 12.7. The summed E-state index contributed by atoms with van der Waals surface area (Å²) in [5.41, 5.74) is 7.19. The molecule has 0 unspecified atom stereocenters. The van der Waals surface area contributed by atoms with Crippen molar-refractivity contribution in [1.29, 1.82) is 0 Å². The summed E-state index contributed by atoms with van der Waals surface area (Å²) in [7, 11) is 0. The molecule has 0 aliphatic heterocycles. The van der Waals surface area contributed by atoms with Gasteiger partial charge in [0.25, 0.3) is 0 Å². The number of carbonyl (C=O) groups excluding carboxylic acids is 1. The molecule has 2 aromatic rings. The predicted octanol–water partition coefficient (Wildman–Crippen LogP) is 1.61. The molecule has 104 valence electrons. The second-order valence-electron chi connectivity index (χ2n) is 4.49. The maximum atomic E-state index is 11.9. The first-order chi connectivity index (χ1) is 9.56. The third-order valence-electron chi connectivity index (χ3n) is 2.87. The molecule has 0 saturated heterocycles. The zero-order chi connectivity index (χ0) is 14.5. The molecule has 5 heteroatoms. The molecule has 0 aliphatic rings. The smallest absolute Gasteiger partial charge is 0.241 e. The summed E-state index contributed by atoms with van der Waals surface area (Å²) >= 11 is 0. The largest absolute Gasteiger partial charge is 0.504 e. The molecule has 0 radical (unpaired) electrons. The number of anilines is 1. The first-order valence-electron chi connectivity index (χ1n) is 6.18. The average Bonchev–Trinajstić information content (AvgIpc) is 2.44. The summed E-state index contributed by atoms with van der Waals surface area (Å²) in [5.74, 6) is -0.724. The number of rotatable bonds is 4. The Labute approximate surface area is 116 Å². The molecular weight excluding hydrogens is 256 g/mol. The number of nitrogens with two attached hydrogens (primary N) is 1. The third-order valence-corrected chi connectivity index (χ3v) is 2.87. The highest BCUT2D eigenvalue weighted by Gasteiger charge is 2.15. The molecule has 0 bridgehead atoms. The second-order valence-corrected chi connectivity index (χ2v) is 4.49. The van der Waals surface area contributed by atoms with E-state index in [1.807, 2.05) is 18.2 Å². The fourth-order valence-electron chi connectivity index (χ4n) is 1.80. The number of carbonyl (C=O) groups is 1. The van der Waals surface area contributed by atoms with Gasteiger partial charge in [0, 0.05) is 5.69 Å². The van der Waals surface area contributed by atoms with E-state index >= 15 is 0 Å². The Kier molecular flexibility index (Phi) is 4.22. The van der Waals surface area contributed by atoms with E-state index in [-0.39, 0.29) is 23.8 Å². The van der Waals surface area contributed by atoms with Gasteiger partial charge in [-0.1, -0.05) is 24.3 Å². The van der Waals surface area contributed by atoms with Crippen molar-refractivity contribution in [2.24, 2.45) is 5.73 Å². The van der Waals surface area contributed by atoms with Gasteiger partial charge in [-0.3, -0.25) is 4.79 Å². The number of phenolic OH excluding ortho intramolecular Hbond substituents is 2. The van der Waals surface area contributed by atoms with Crippen molar-refractivity contribution in [2.45, 2.75) is 12.5 Å². The minimum Gasteiger partial charge on any atom is -0.504 e. The van der Waals surface area contributed by atoms with Crippen molar-refractivity contribution in [1.82, 2.24) is 0 Å². The van der Waals surface area contributed by atoms with Crippen LogP contribution in [0.5, 0.6) is 11.5 Å². The maximum absolute atomic E-state index is 11.9. The van der Waals surface area contributed by atoms with Crippen LogP contribution in [0.2, 0.25) is 0 Å². The number of hydrogen-bond acceptors (Lipinski definition) is 4. The molecule has 20 heavy (non-hydrogen) atoms. The first kappa shape index (κ1) is 13.9. The number of amides is 1. The van der Waals surface area contributed by atoms with E-state index in [1.54, 1.807) is 18.2 Å². The number of phenols is 2. The molecule has 2 aromatic carbocycles. The number of para-hydroxylation sites is 1. The number of nitrogens with one attached hydrogen (secondary N) is 1. The first-order valence-corrected chi connectivity index (χ1v) is 6.18. The van der Waals surface area contributed by atoms with E-state index < -0.39 is 6.04 Å². The van der Waals surface area contributed by atoms with Gasteiger partial charge in [-0.25, -0.2) is 0 Å². The Balaban J connectivity index is 1.98. The number of hydrogen-bond donors (Lipinski definition) is 4. The van der Waals surface area contributed by atoms with E-state index in [0.29, 0.717) is 11.3 Å². The van der Waals surface area contributed by atoms with Crippen molar-refractivity contribution in [2.75, 3.05) is 5.32 Å². The standard InChI is InChI=1S/C15H16N2O3/c16-12(8-10-6-7-13(18)14(19)9-10)15(20)17-11-4-2-1-3-5-11/h1-7,9,12,18-19H,8,16H2,(H,17,20)/t12-/m0/s1. The van der Waals surface area contributed by atoms with Crippen molar-refractivity contribution in [3.8, 4) is 11.5 Å². The van der Waals surface area contributed by atoms with Gasteiger partial charge in [-0.2, -0.15) is 0 Å². The Morgan fingerprint density at radius 3 is 2.45 bits per heavy atom. The minimum atomic E-state index is -0.737. The summed E-state index contributed by atoms with van der Waals surface area (Å²) in [6.45, 7) is 0. The monoisotopic (exact) mass is 272 g/mol. The summed E-state index contributed by atoms with van der Waals surface area (Å²) < 4.78 is 0. The van der Waals surface area contributed by atoms with Gasteiger partial charge < -0.3 is 21.3 Å². The van der Waals surface area contributed by atoms with Gasteiger partial charge in [0.05, 0.1) is 6.04 Å². The lowest BCUT2D eigenvalue weighted by Gasteiger charge is -2.12. The van der Waals surface area contributed by atoms with Gasteiger partial charge in [-0.05, 0) is 36.2 Å². The quantitative estimate of drug-likeness (QED) is 0.636.